The Morgan fingerprint density at radius 2 is 2.33 bits per heavy atom. The summed E-state index contributed by atoms with van der Waals surface area (Å²) in [6, 6.07) is 0. The summed E-state index contributed by atoms with van der Waals surface area (Å²) in [6.45, 7) is 2.54. The first-order valence-electron chi connectivity index (χ1n) is 5.06. The molecule has 1 saturated heterocycles. The van der Waals surface area contributed by atoms with Crippen molar-refractivity contribution >= 4 is 0 Å². The molecule has 0 radical (unpaired) electrons. The minimum atomic E-state index is -0.199. The maximum atomic E-state index is 5.46. The number of likely N-dealkylation sites (N-methyl/N-ethyl adjacent to an activating group) is 1. The molecule has 0 amide bonds. The standard InChI is InChI=1S/C9H15N3O3/c1-10-3-2-8-11-12-9(15-8)7-6-13-4-5-14-7/h7,10H,2-6H2,1H3. The second-order valence-electron chi connectivity index (χ2n) is 3.32. The highest BCUT2D eigenvalue weighted by atomic mass is 16.6. The monoisotopic (exact) mass is 213 g/mol. The van der Waals surface area contributed by atoms with Crippen LogP contribution in [-0.4, -0.2) is 43.6 Å². The van der Waals surface area contributed by atoms with E-state index >= 15 is 0 Å². The molecule has 0 bridgehead atoms. The molecule has 0 aromatic carbocycles. The molecule has 1 aliphatic heterocycles. The molecule has 6 nitrogen and oxygen atoms in total. The zero-order chi connectivity index (χ0) is 10.5. The third-order valence-corrected chi connectivity index (χ3v) is 2.16. The van der Waals surface area contributed by atoms with Crippen molar-refractivity contribution in [2.24, 2.45) is 0 Å². The zero-order valence-electron chi connectivity index (χ0n) is 8.73. The van der Waals surface area contributed by atoms with E-state index in [1.54, 1.807) is 0 Å². The van der Waals surface area contributed by atoms with Crippen molar-refractivity contribution in [2.45, 2.75) is 12.5 Å². The molecule has 1 aliphatic rings. The van der Waals surface area contributed by atoms with Gasteiger partial charge in [-0.25, -0.2) is 0 Å². The number of rotatable bonds is 4. The van der Waals surface area contributed by atoms with E-state index in [0.717, 1.165) is 13.0 Å². The quantitative estimate of drug-likeness (QED) is 0.754. The van der Waals surface area contributed by atoms with Crippen LogP contribution in [0.3, 0.4) is 0 Å². The predicted octanol–water partition coefficient (Wildman–Crippen LogP) is -0.0806. The van der Waals surface area contributed by atoms with Crippen LogP contribution in [0.25, 0.3) is 0 Å². The summed E-state index contributed by atoms with van der Waals surface area (Å²) in [6.07, 6.45) is 0.534. The van der Waals surface area contributed by atoms with Gasteiger partial charge < -0.3 is 19.2 Å². The minimum absolute atomic E-state index is 0.199. The van der Waals surface area contributed by atoms with Gasteiger partial charge in [-0.05, 0) is 7.05 Å². The third-order valence-electron chi connectivity index (χ3n) is 2.16. The molecule has 0 saturated carbocycles. The van der Waals surface area contributed by atoms with Crippen molar-refractivity contribution in [3.8, 4) is 0 Å². The lowest BCUT2D eigenvalue weighted by atomic mass is 10.3. The number of ether oxygens (including phenoxy) is 2. The summed E-state index contributed by atoms with van der Waals surface area (Å²) in [5.74, 6) is 1.15. The summed E-state index contributed by atoms with van der Waals surface area (Å²) in [7, 11) is 1.88. The van der Waals surface area contributed by atoms with Gasteiger partial charge in [-0.3, -0.25) is 0 Å². The van der Waals surface area contributed by atoms with Gasteiger partial charge in [0, 0.05) is 13.0 Å². The highest BCUT2D eigenvalue weighted by molar-refractivity contribution is 4.88. The van der Waals surface area contributed by atoms with E-state index in [1.807, 2.05) is 7.05 Å². The lowest BCUT2D eigenvalue weighted by molar-refractivity contribution is -0.0998. The molecule has 1 unspecified atom stereocenters. The molecule has 1 N–H and O–H groups in total. The summed E-state index contributed by atoms with van der Waals surface area (Å²) < 4.78 is 16.2. The van der Waals surface area contributed by atoms with Crippen LogP contribution in [0, 0.1) is 0 Å². The summed E-state index contributed by atoms with van der Waals surface area (Å²) in [4.78, 5) is 0. The van der Waals surface area contributed by atoms with E-state index in [9.17, 15) is 0 Å². The van der Waals surface area contributed by atoms with Crippen molar-refractivity contribution in [3.63, 3.8) is 0 Å². The smallest absolute Gasteiger partial charge is 0.247 e. The van der Waals surface area contributed by atoms with Crippen molar-refractivity contribution < 1.29 is 13.9 Å². The number of hydrogen-bond donors (Lipinski definition) is 1. The summed E-state index contributed by atoms with van der Waals surface area (Å²) in [5, 5.41) is 10.9. The Morgan fingerprint density at radius 3 is 3.07 bits per heavy atom. The second-order valence-corrected chi connectivity index (χ2v) is 3.32. The Hall–Kier alpha value is -0.980. The largest absolute Gasteiger partial charge is 0.422 e. The van der Waals surface area contributed by atoms with Crippen LogP contribution in [0.5, 0.6) is 0 Å². The highest BCUT2D eigenvalue weighted by Gasteiger charge is 2.22. The Labute approximate surface area is 88.0 Å². The number of nitrogens with one attached hydrogen (secondary N) is 1. The van der Waals surface area contributed by atoms with Gasteiger partial charge in [-0.15, -0.1) is 10.2 Å². The Balaban J connectivity index is 1.93. The molecule has 6 heteroatoms. The number of aromatic nitrogens is 2. The van der Waals surface area contributed by atoms with Crippen LogP contribution in [0.1, 0.15) is 17.9 Å². The molecule has 2 rings (SSSR count). The first kappa shape index (κ1) is 10.5. The minimum Gasteiger partial charge on any atom is -0.422 e. The van der Waals surface area contributed by atoms with Crippen LogP contribution in [0.4, 0.5) is 0 Å². The van der Waals surface area contributed by atoms with E-state index in [-0.39, 0.29) is 6.10 Å². The number of nitrogens with zero attached hydrogens (tertiary/aromatic N) is 2. The zero-order valence-corrected chi connectivity index (χ0v) is 8.73. The van der Waals surface area contributed by atoms with E-state index in [1.165, 1.54) is 0 Å². The topological polar surface area (TPSA) is 69.4 Å². The van der Waals surface area contributed by atoms with E-state index in [2.05, 4.69) is 15.5 Å². The summed E-state index contributed by atoms with van der Waals surface area (Å²) in [5.41, 5.74) is 0. The lowest BCUT2D eigenvalue weighted by Crippen LogP contribution is -2.22. The van der Waals surface area contributed by atoms with E-state index in [0.29, 0.717) is 31.6 Å². The van der Waals surface area contributed by atoms with Gasteiger partial charge in [-0.1, -0.05) is 0 Å². The average molecular weight is 213 g/mol. The highest BCUT2D eigenvalue weighted by Crippen LogP contribution is 2.19. The van der Waals surface area contributed by atoms with Gasteiger partial charge in [0.1, 0.15) is 0 Å². The van der Waals surface area contributed by atoms with Crippen LogP contribution in [0.15, 0.2) is 4.42 Å². The SMILES string of the molecule is CNCCc1nnc(C2COCCO2)o1. The number of hydrogen-bond acceptors (Lipinski definition) is 6. The molecular weight excluding hydrogens is 198 g/mol. The van der Waals surface area contributed by atoms with Gasteiger partial charge in [0.2, 0.25) is 11.8 Å². The molecule has 0 spiro atoms. The van der Waals surface area contributed by atoms with Crippen LogP contribution in [0.2, 0.25) is 0 Å². The molecule has 1 aromatic heterocycles. The predicted molar refractivity (Wildman–Crippen MR) is 51.4 cm³/mol. The van der Waals surface area contributed by atoms with Crippen molar-refractivity contribution in [1.29, 1.82) is 0 Å². The maximum Gasteiger partial charge on any atom is 0.247 e. The molecule has 84 valence electrons. The first-order valence-corrected chi connectivity index (χ1v) is 5.06. The summed E-state index contributed by atoms with van der Waals surface area (Å²) >= 11 is 0. The molecule has 15 heavy (non-hydrogen) atoms. The normalized spacial score (nSPS) is 21.8. The second kappa shape index (κ2) is 5.20. The van der Waals surface area contributed by atoms with Crippen molar-refractivity contribution in [1.82, 2.24) is 15.5 Å². The van der Waals surface area contributed by atoms with E-state index < -0.39 is 0 Å². The van der Waals surface area contributed by atoms with Gasteiger partial charge in [0.15, 0.2) is 6.10 Å². The van der Waals surface area contributed by atoms with Crippen LogP contribution in [-0.2, 0) is 15.9 Å². The van der Waals surface area contributed by atoms with E-state index in [4.69, 9.17) is 13.9 Å². The molecule has 1 fully saturated rings. The molecular formula is C9H15N3O3. The average Bonchev–Trinajstić information content (AvgIpc) is 2.76. The van der Waals surface area contributed by atoms with Crippen molar-refractivity contribution in [3.05, 3.63) is 11.8 Å². The Kier molecular flexibility index (Phi) is 3.65. The Bertz CT molecular complexity index is 297. The Morgan fingerprint density at radius 1 is 1.40 bits per heavy atom. The van der Waals surface area contributed by atoms with Crippen LogP contribution >= 0.6 is 0 Å². The fraction of sp³-hybridized carbons (Fsp3) is 0.778. The van der Waals surface area contributed by atoms with Gasteiger partial charge in [-0.2, -0.15) is 0 Å². The fourth-order valence-electron chi connectivity index (χ4n) is 1.36. The molecule has 2 heterocycles. The van der Waals surface area contributed by atoms with Gasteiger partial charge in [0.25, 0.3) is 0 Å². The van der Waals surface area contributed by atoms with Gasteiger partial charge >= 0.3 is 0 Å². The van der Waals surface area contributed by atoms with Crippen LogP contribution < -0.4 is 5.32 Å². The van der Waals surface area contributed by atoms with Gasteiger partial charge in [0.05, 0.1) is 19.8 Å². The molecule has 1 atom stereocenters. The first-order chi connectivity index (χ1) is 7.40. The third kappa shape index (κ3) is 2.74. The molecule has 1 aromatic rings. The molecule has 0 aliphatic carbocycles. The lowest BCUT2D eigenvalue weighted by Gasteiger charge is -2.19. The maximum absolute atomic E-state index is 5.46. The fourth-order valence-corrected chi connectivity index (χ4v) is 1.36. The van der Waals surface area contributed by atoms with Crippen molar-refractivity contribution in [2.75, 3.05) is 33.4 Å².